The van der Waals surface area contributed by atoms with E-state index in [1.54, 1.807) is 6.07 Å². The number of aryl methyl sites for hydroxylation is 2. The number of unbranched alkanes of at least 4 members (excludes halogenated alkanes) is 2. The molecule has 0 aromatic heterocycles. The van der Waals surface area contributed by atoms with Gasteiger partial charge in [0.15, 0.2) is 5.75 Å². The maximum atomic E-state index is 13.7. The number of cyclic esters (lactones) is 1. The topological polar surface area (TPSA) is 72.8 Å². The predicted molar refractivity (Wildman–Crippen MR) is 131 cm³/mol. The van der Waals surface area contributed by atoms with Crippen molar-refractivity contribution in [3.63, 3.8) is 0 Å². The number of ether oxygens (including phenoxy) is 2. The number of phenols is 1. The zero-order chi connectivity index (χ0) is 25.2. The zero-order valence-electron chi connectivity index (χ0n) is 20.2. The molecular weight excluding hydrogens is 447 g/mol. The van der Waals surface area contributed by atoms with Gasteiger partial charge in [0.2, 0.25) is 0 Å². The fourth-order valence-electron chi connectivity index (χ4n) is 4.57. The van der Waals surface area contributed by atoms with Crippen molar-refractivity contribution in [1.82, 2.24) is 0 Å². The molecule has 1 N–H and O–H groups in total. The number of benzene rings is 3. The van der Waals surface area contributed by atoms with E-state index in [0.717, 1.165) is 24.8 Å². The normalized spacial score (nSPS) is 16.9. The Morgan fingerprint density at radius 2 is 1.77 bits per heavy atom. The van der Waals surface area contributed by atoms with E-state index in [9.17, 15) is 19.1 Å². The number of aromatic hydroxyl groups is 1. The number of fused-ring (bicyclic) bond motifs is 1. The molecule has 3 aromatic carbocycles. The number of carbonyl (C=O) groups is 2. The van der Waals surface area contributed by atoms with E-state index in [1.807, 2.05) is 31.2 Å². The fourth-order valence-corrected chi connectivity index (χ4v) is 4.57. The molecule has 1 aliphatic rings. The van der Waals surface area contributed by atoms with E-state index in [-0.39, 0.29) is 29.3 Å². The Bertz CT molecular complexity index is 1260. The molecule has 6 heteroatoms. The van der Waals surface area contributed by atoms with Crippen molar-refractivity contribution in [2.75, 3.05) is 0 Å². The summed E-state index contributed by atoms with van der Waals surface area (Å²) in [5, 5.41) is 11.1. The minimum atomic E-state index is -1.78. The SMILES string of the molecule is CCCCCc1cc(O)c(-c2cccc(C)c2)c2c1C(=O)OC(CC(C)=O)(c1ccc(F)cc1)O2. The van der Waals surface area contributed by atoms with Gasteiger partial charge in [-0.2, -0.15) is 0 Å². The van der Waals surface area contributed by atoms with E-state index in [4.69, 9.17) is 9.47 Å². The lowest BCUT2D eigenvalue weighted by atomic mass is 9.90. The number of hydrogen-bond donors (Lipinski definition) is 1. The number of rotatable bonds is 8. The van der Waals surface area contributed by atoms with Crippen molar-refractivity contribution in [2.45, 2.75) is 58.7 Å². The van der Waals surface area contributed by atoms with Crippen LogP contribution in [0.1, 0.15) is 66.6 Å². The lowest BCUT2D eigenvalue weighted by Crippen LogP contribution is -2.44. The van der Waals surface area contributed by atoms with E-state index in [0.29, 0.717) is 28.7 Å². The summed E-state index contributed by atoms with van der Waals surface area (Å²) < 4.78 is 26.0. The molecule has 1 unspecified atom stereocenters. The Morgan fingerprint density at radius 1 is 1.03 bits per heavy atom. The summed E-state index contributed by atoms with van der Waals surface area (Å²) >= 11 is 0. The second-order valence-corrected chi connectivity index (χ2v) is 9.09. The molecule has 0 saturated carbocycles. The predicted octanol–water partition coefficient (Wildman–Crippen LogP) is 6.62. The summed E-state index contributed by atoms with van der Waals surface area (Å²) in [4.78, 5) is 25.9. The van der Waals surface area contributed by atoms with Crippen LogP contribution < -0.4 is 4.74 Å². The third-order valence-corrected chi connectivity index (χ3v) is 6.19. The molecule has 0 aliphatic carbocycles. The van der Waals surface area contributed by atoms with Crippen LogP contribution in [0.3, 0.4) is 0 Å². The molecule has 0 radical (unpaired) electrons. The Kier molecular flexibility index (Phi) is 6.92. The van der Waals surface area contributed by atoms with Crippen LogP contribution in [0.5, 0.6) is 11.5 Å². The van der Waals surface area contributed by atoms with Gasteiger partial charge in [-0.25, -0.2) is 9.18 Å². The quantitative estimate of drug-likeness (QED) is 0.292. The van der Waals surface area contributed by atoms with Gasteiger partial charge in [0.1, 0.15) is 22.9 Å². The Morgan fingerprint density at radius 3 is 2.43 bits per heavy atom. The maximum absolute atomic E-state index is 13.7. The number of carbonyl (C=O) groups excluding carboxylic acids is 2. The number of ketones is 1. The number of Topliss-reactive ketones (excluding diaryl/α,β-unsaturated/α-hetero) is 1. The van der Waals surface area contributed by atoms with E-state index in [2.05, 4.69) is 6.92 Å². The Balaban J connectivity index is 1.96. The smallest absolute Gasteiger partial charge is 0.345 e. The Hall–Kier alpha value is -3.67. The van der Waals surface area contributed by atoms with Gasteiger partial charge in [0, 0.05) is 5.56 Å². The first kappa shape index (κ1) is 24.5. The molecule has 1 aliphatic heterocycles. The van der Waals surface area contributed by atoms with Crippen LogP contribution in [0.25, 0.3) is 11.1 Å². The molecule has 0 spiro atoms. The number of phenolic OH excluding ortho intramolecular Hbond substituents is 1. The number of halogens is 1. The van der Waals surface area contributed by atoms with E-state index >= 15 is 0 Å². The first-order chi connectivity index (χ1) is 16.7. The second kappa shape index (κ2) is 9.90. The summed E-state index contributed by atoms with van der Waals surface area (Å²) in [6.45, 7) is 5.39. The molecular formula is C29H29FO5. The van der Waals surface area contributed by atoms with Crippen LogP contribution in [0.4, 0.5) is 4.39 Å². The molecule has 0 saturated heterocycles. The van der Waals surface area contributed by atoms with Gasteiger partial charge < -0.3 is 14.6 Å². The highest BCUT2D eigenvalue weighted by Crippen LogP contribution is 2.50. The van der Waals surface area contributed by atoms with Crippen molar-refractivity contribution >= 4 is 11.8 Å². The van der Waals surface area contributed by atoms with Crippen molar-refractivity contribution in [3.05, 3.63) is 82.7 Å². The molecule has 0 bridgehead atoms. The average molecular weight is 477 g/mol. The fraction of sp³-hybridized carbons (Fsp3) is 0.310. The van der Waals surface area contributed by atoms with E-state index in [1.165, 1.54) is 31.2 Å². The van der Waals surface area contributed by atoms with Gasteiger partial charge >= 0.3 is 5.97 Å². The molecule has 1 atom stereocenters. The third-order valence-electron chi connectivity index (χ3n) is 6.19. The number of hydrogen-bond acceptors (Lipinski definition) is 5. The Labute approximate surface area is 204 Å². The molecule has 3 aromatic rings. The van der Waals surface area contributed by atoms with Gasteiger partial charge in [0.25, 0.3) is 5.79 Å². The van der Waals surface area contributed by atoms with Crippen LogP contribution in [0.15, 0.2) is 54.6 Å². The zero-order valence-corrected chi connectivity index (χ0v) is 20.2. The van der Waals surface area contributed by atoms with Crippen LogP contribution in [0, 0.1) is 12.7 Å². The monoisotopic (exact) mass is 476 g/mol. The van der Waals surface area contributed by atoms with Gasteiger partial charge in [-0.05, 0) is 68.1 Å². The highest BCUT2D eigenvalue weighted by Gasteiger charge is 2.47. The lowest BCUT2D eigenvalue weighted by Gasteiger charge is -2.39. The van der Waals surface area contributed by atoms with Crippen LogP contribution in [-0.2, 0) is 21.7 Å². The molecule has 182 valence electrons. The maximum Gasteiger partial charge on any atom is 0.345 e. The summed E-state index contributed by atoms with van der Waals surface area (Å²) in [6.07, 6.45) is 3.10. The molecule has 35 heavy (non-hydrogen) atoms. The lowest BCUT2D eigenvalue weighted by molar-refractivity contribution is -0.171. The molecule has 5 nitrogen and oxygen atoms in total. The third kappa shape index (κ3) is 4.92. The van der Waals surface area contributed by atoms with Crippen LogP contribution in [0.2, 0.25) is 0 Å². The number of esters is 1. The van der Waals surface area contributed by atoms with Crippen LogP contribution >= 0.6 is 0 Å². The van der Waals surface area contributed by atoms with Crippen LogP contribution in [-0.4, -0.2) is 16.9 Å². The molecule has 1 heterocycles. The molecule has 0 fully saturated rings. The first-order valence-electron chi connectivity index (χ1n) is 11.9. The van der Waals surface area contributed by atoms with Crippen molar-refractivity contribution in [3.8, 4) is 22.6 Å². The summed E-state index contributed by atoms with van der Waals surface area (Å²) in [6, 6.07) is 14.4. The van der Waals surface area contributed by atoms with Crippen molar-refractivity contribution < 1.29 is 28.6 Å². The minimum Gasteiger partial charge on any atom is -0.507 e. The summed E-state index contributed by atoms with van der Waals surface area (Å²) in [5.74, 6) is -3.01. The summed E-state index contributed by atoms with van der Waals surface area (Å²) in [7, 11) is 0. The van der Waals surface area contributed by atoms with Gasteiger partial charge in [-0.15, -0.1) is 0 Å². The van der Waals surface area contributed by atoms with Crippen molar-refractivity contribution in [2.24, 2.45) is 0 Å². The average Bonchev–Trinajstić information content (AvgIpc) is 2.78. The standard InChI is InChI=1S/C29H29FO5/c1-4-5-6-9-21-16-24(32)25(20-10-7-8-18(2)15-20)27-26(21)28(33)35-29(34-27,17-19(3)31)22-11-13-23(30)14-12-22/h7-8,10-16,32H,4-6,9,17H2,1-3H3. The largest absolute Gasteiger partial charge is 0.507 e. The van der Waals surface area contributed by atoms with Gasteiger partial charge in [0.05, 0.1) is 12.0 Å². The highest BCUT2D eigenvalue weighted by molar-refractivity contribution is 6.00. The molecule has 4 rings (SSSR count). The second-order valence-electron chi connectivity index (χ2n) is 9.09. The van der Waals surface area contributed by atoms with Gasteiger partial charge in [-0.1, -0.05) is 49.6 Å². The summed E-state index contributed by atoms with van der Waals surface area (Å²) in [5.41, 5.74) is 3.20. The first-order valence-corrected chi connectivity index (χ1v) is 11.9. The minimum absolute atomic E-state index is 0.0219. The van der Waals surface area contributed by atoms with Gasteiger partial charge in [-0.3, -0.25) is 4.79 Å². The highest BCUT2D eigenvalue weighted by atomic mass is 19.1. The van der Waals surface area contributed by atoms with E-state index < -0.39 is 17.6 Å². The molecule has 0 amide bonds. The van der Waals surface area contributed by atoms with Crippen molar-refractivity contribution in [1.29, 1.82) is 0 Å².